The molecular weight excluding hydrogens is 284 g/mol. The van der Waals surface area contributed by atoms with Crippen LogP contribution in [0.25, 0.3) is 0 Å². The minimum atomic E-state index is -1.10. The Kier molecular flexibility index (Phi) is 4.90. The molecule has 0 unspecified atom stereocenters. The molecule has 7 nitrogen and oxygen atoms in total. The van der Waals surface area contributed by atoms with Gasteiger partial charge in [0.2, 0.25) is 5.91 Å². The number of hydrogen-bond acceptors (Lipinski definition) is 4. The molecule has 0 aliphatic heterocycles. The van der Waals surface area contributed by atoms with E-state index in [2.05, 4.69) is 9.97 Å². The molecule has 0 radical (unpaired) electrons. The van der Waals surface area contributed by atoms with Gasteiger partial charge >= 0.3 is 5.97 Å². The molecule has 1 aromatic heterocycles. The van der Waals surface area contributed by atoms with E-state index in [9.17, 15) is 14.7 Å². The minimum absolute atomic E-state index is 0.114. The lowest BCUT2D eigenvalue weighted by Gasteiger charge is -2.30. The third-order valence-electron chi connectivity index (χ3n) is 3.23. The number of H-pyrrole nitrogens is 1. The van der Waals surface area contributed by atoms with Gasteiger partial charge in [0, 0.05) is 24.0 Å². The number of carboxylic acids is 1. The minimum Gasteiger partial charge on any atom is -0.480 e. The molecule has 0 saturated heterocycles. The third kappa shape index (κ3) is 3.50. The third-order valence-corrected chi connectivity index (χ3v) is 3.23. The quantitative estimate of drug-likeness (QED) is 0.730. The lowest BCUT2D eigenvalue weighted by atomic mass is 10.1. The summed E-state index contributed by atoms with van der Waals surface area (Å²) in [5.74, 6) is -1.55. The van der Waals surface area contributed by atoms with Crippen LogP contribution in [-0.4, -0.2) is 39.0 Å². The van der Waals surface area contributed by atoms with Crippen LogP contribution in [0.5, 0.6) is 0 Å². The molecule has 0 fully saturated rings. The van der Waals surface area contributed by atoms with Crippen LogP contribution in [0.3, 0.4) is 0 Å². The van der Waals surface area contributed by atoms with Gasteiger partial charge in [0.25, 0.3) is 0 Å². The van der Waals surface area contributed by atoms with Gasteiger partial charge in [-0.2, -0.15) is 0 Å². The molecule has 0 saturated carbocycles. The highest BCUT2D eigenvalue weighted by Crippen LogP contribution is 2.20. The summed E-state index contributed by atoms with van der Waals surface area (Å²) < 4.78 is 0. The Hall–Kier alpha value is -2.67. The van der Waals surface area contributed by atoms with Crippen molar-refractivity contribution in [3.63, 3.8) is 0 Å². The maximum Gasteiger partial charge on any atom is 0.327 e. The van der Waals surface area contributed by atoms with Crippen molar-refractivity contribution in [2.75, 3.05) is 4.90 Å². The summed E-state index contributed by atoms with van der Waals surface area (Å²) in [6.07, 6.45) is 3.12. The van der Waals surface area contributed by atoms with Gasteiger partial charge < -0.3 is 15.8 Å². The lowest BCUT2D eigenvalue weighted by Crippen LogP contribution is -2.52. The number of nitrogens with two attached hydrogens (primary N) is 1. The normalized spacial score (nSPS) is 13.4. The van der Waals surface area contributed by atoms with Gasteiger partial charge in [-0.1, -0.05) is 18.2 Å². The largest absolute Gasteiger partial charge is 0.480 e. The Morgan fingerprint density at radius 2 is 2.05 bits per heavy atom. The number of nitrogens with one attached hydrogen (secondary N) is 1. The highest BCUT2D eigenvalue weighted by molar-refractivity contribution is 6.01. The molecule has 116 valence electrons. The van der Waals surface area contributed by atoms with Crippen LogP contribution in [-0.2, 0) is 16.0 Å². The van der Waals surface area contributed by atoms with Crippen LogP contribution >= 0.6 is 0 Å². The second-order valence-corrected chi connectivity index (χ2v) is 4.97. The number of aromatic nitrogens is 2. The molecule has 0 aliphatic carbocycles. The fourth-order valence-corrected chi connectivity index (χ4v) is 2.16. The van der Waals surface area contributed by atoms with Crippen molar-refractivity contribution in [2.45, 2.75) is 25.4 Å². The Morgan fingerprint density at radius 3 is 2.55 bits per heavy atom. The number of rotatable bonds is 6. The van der Waals surface area contributed by atoms with Gasteiger partial charge in [-0.25, -0.2) is 9.78 Å². The predicted octanol–water partition coefficient (Wildman–Crippen LogP) is 0.786. The second kappa shape index (κ2) is 6.86. The van der Waals surface area contributed by atoms with Crippen LogP contribution < -0.4 is 10.6 Å². The number of para-hydroxylation sites is 1. The van der Waals surface area contributed by atoms with Gasteiger partial charge in [-0.3, -0.25) is 9.69 Å². The molecule has 1 heterocycles. The van der Waals surface area contributed by atoms with Gasteiger partial charge in [0.1, 0.15) is 6.04 Å². The zero-order valence-electron chi connectivity index (χ0n) is 12.1. The molecule has 1 amide bonds. The summed E-state index contributed by atoms with van der Waals surface area (Å²) in [4.78, 5) is 32.1. The number of carbonyl (C=O) groups is 2. The summed E-state index contributed by atoms with van der Waals surface area (Å²) in [7, 11) is 0. The fraction of sp³-hybridized carbons (Fsp3) is 0.267. The summed E-state index contributed by atoms with van der Waals surface area (Å²) in [5, 5.41) is 9.57. The van der Waals surface area contributed by atoms with Crippen LogP contribution in [0.2, 0.25) is 0 Å². The standard InChI is InChI=1S/C15H18N4O3/c1-10(16)14(20)19(12-5-3-2-4-6-12)13(15(21)22)7-11-8-17-9-18-11/h2-6,8-10,13H,7,16H2,1H3,(H,17,18)(H,21,22)/t10-,13+/m0/s1. The van der Waals surface area contributed by atoms with Crippen molar-refractivity contribution in [3.05, 3.63) is 48.5 Å². The highest BCUT2D eigenvalue weighted by atomic mass is 16.4. The first-order chi connectivity index (χ1) is 10.5. The van der Waals surface area contributed by atoms with Gasteiger partial charge in [0.15, 0.2) is 0 Å². The monoisotopic (exact) mass is 302 g/mol. The SMILES string of the molecule is C[C@H](N)C(=O)N(c1ccccc1)[C@H](Cc1cnc[nH]1)C(=O)O. The number of benzene rings is 1. The van der Waals surface area contributed by atoms with Crippen molar-refractivity contribution < 1.29 is 14.7 Å². The van der Waals surface area contributed by atoms with Crippen LogP contribution in [0, 0.1) is 0 Å². The molecule has 22 heavy (non-hydrogen) atoms. The van der Waals surface area contributed by atoms with E-state index in [1.165, 1.54) is 24.3 Å². The topological polar surface area (TPSA) is 112 Å². The summed E-state index contributed by atoms with van der Waals surface area (Å²) in [5.41, 5.74) is 6.81. The maximum atomic E-state index is 12.4. The molecule has 2 aromatic rings. The predicted molar refractivity (Wildman–Crippen MR) is 81.3 cm³/mol. The first kappa shape index (κ1) is 15.7. The van der Waals surface area contributed by atoms with E-state index in [4.69, 9.17) is 5.73 Å². The van der Waals surface area contributed by atoms with Crippen molar-refractivity contribution in [1.82, 2.24) is 9.97 Å². The van der Waals surface area contributed by atoms with Crippen LogP contribution in [0.4, 0.5) is 5.69 Å². The number of imidazole rings is 1. The van der Waals surface area contributed by atoms with E-state index in [1.807, 2.05) is 0 Å². The van der Waals surface area contributed by atoms with E-state index in [1.54, 1.807) is 30.3 Å². The van der Waals surface area contributed by atoms with Crippen molar-refractivity contribution in [3.8, 4) is 0 Å². The van der Waals surface area contributed by atoms with E-state index >= 15 is 0 Å². The van der Waals surface area contributed by atoms with Gasteiger partial charge in [0.05, 0.1) is 12.4 Å². The van der Waals surface area contributed by atoms with Crippen LogP contribution in [0.15, 0.2) is 42.9 Å². The number of aromatic amines is 1. The van der Waals surface area contributed by atoms with E-state index < -0.39 is 24.0 Å². The summed E-state index contributed by atoms with van der Waals surface area (Å²) >= 11 is 0. The Labute approximate surface area is 127 Å². The molecule has 0 aliphatic rings. The van der Waals surface area contributed by atoms with E-state index in [-0.39, 0.29) is 6.42 Å². The number of amides is 1. The zero-order valence-corrected chi connectivity index (χ0v) is 12.1. The van der Waals surface area contributed by atoms with Gasteiger partial charge in [-0.15, -0.1) is 0 Å². The van der Waals surface area contributed by atoms with Crippen molar-refractivity contribution in [2.24, 2.45) is 5.73 Å². The second-order valence-electron chi connectivity index (χ2n) is 4.97. The molecule has 0 spiro atoms. The van der Waals surface area contributed by atoms with E-state index in [0.717, 1.165) is 0 Å². The van der Waals surface area contributed by atoms with Crippen molar-refractivity contribution >= 4 is 17.6 Å². The molecule has 4 N–H and O–H groups in total. The van der Waals surface area contributed by atoms with E-state index in [0.29, 0.717) is 11.4 Å². The number of anilines is 1. The number of carbonyl (C=O) groups excluding carboxylic acids is 1. The lowest BCUT2D eigenvalue weighted by molar-refractivity contribution is -0.140. The molecular formula is C15H18N4O3. The number of carboxylic acid groups (broad SMARTS) is 1. The first-order valence-electron chi connectivity index (χ1n) is 6.84. The number of aliphatic carboxylic acids is 1. The zero-order chi connectivity index (χ0) is 16.1. The summed E-state index contributed by atoms with van der Waals surface area (Å²) in [6, 6.07) is 6.78. The Bertz CT molecular complexity index is 626. The highest BCUT2D eigenvalue weighted by Gasteiger charge is 2.32. The average molecular weight is 302 g/mol. The average Bonchev–Trinajstić information content (AvgIpc) is 3.00. The fourth-order valence-electron chi connectivity index (χ4n) is 2.16. The smallest absolute Gasteiger partial charge is 0.327 e. The molecule has 2 atom stereocenters. The molecule has 0 bridgehead atoms. The van der Waals surface area contributed by atoms with Crippen molar-refractivity contribution in [1.29, 1.82) is 0 Å². The van der Waals surface area contributed by atoms with Gasteiger partial charge in [-0.05, 0) is 19.1 Å². The molecule has 2 rings (SSSR count). The number of nitrogens with zero attached hydrogens (tertiary/aromatic N) is 2. The maximum absolute atomic E-state index is 12.4. The molecule has 1 aromatic carbocycles. The molecule has 7 heteroatoms. The Morgan fingerprint density at radius 1 is 1.36 bits per heavy atom. The number of hydrogen-bond donors (Lipinski definition) is 3. The summed E-state index contributed by atoms with van der Waals surface area (Å²) in [6.45, 7) is 1.54. The van der Waals surface area contributed by atoms with Crippen LogP contribution in [0.1, 0.15) is 12.6 Å². The Balaban J connectivity index is 2.40. The first-order valence-corrected chi connectivity index (χ1v) is 6.84.